The Bertz CT molecular complexity index is 683. The van der Waals surface area contributed by atoms with Gasteiger partial charge in [0.15, 0.2) is 0 Å². The normalized spacial score (nSPS) is 29.9. The summed E-state index contributed by atoms with van der Waals surface area (Å²) in [5, 5.41) is 11.2. The molecule has 1 N–H and O–H groups in total. The number of likely N-dealkylation sites (tertiary alicyclic amines) is 1. The molecule has 1 saturated carbocycles. The van der Waals surface area contributed by atoms with Gasteiger partial charge >= 0.3 is 0 Å². The second kappa shape index (κ2) is 7.02. The van der Waals surface area contributed by atoms with E-state index in [1.807, 2.05) is 30.3 Å². The molecule has 0 spiro atoms. The van der Waals surface area contributed by atoms with Gasteiger partial charge in [-0.05, 0) is 41.6 Å². The molecule has 2 heteroatoms. The van der Waals surface area contributed by atoms with E-state index in [0.29, 0.717) is 23.3 Å². The Kier molecular flexibility index (Phi) is 5.26. The standard InChI is InChI=1S/C24H35NO/c1-19(2)24(26,20-11-7-6-8-12-20)13-9-10-14-25-18-23(5)16-21(25)15-22(3,4)17-23/h6-8,11-12,19,21,26H,13-18H2,1-5H3. The van der Waals surface area contributed by atoms with E-state index in [0.717, 1.165) is 12.1 Å². The molecule has 2 fully saturated rings. The quantitative estimate of drug-likeness (QED) is 0.784. The molecule has 3 atom stereocenters. The van der Waals surface area contributed by atoms with Crippen molar-refractivity contribution >= 4 is 0 Å². The van der Waals surface area contributed by atoms with Crippen LogP contribution in [0.15, 0.2) is 30.3 Å². The van der Waals surface area contributed by atoms with Crippen LogP contribution >= 0.6 is 0 Å². The van der Waals surface area contributed by atoms with E-state index in [4.69, 9.17) is 0 Å². The van der Waals surface area contributed by atoms with Gasteiger partial charge in [0.2, 0.25) is 0 Å². The lowest BCUT2D eigenvalue weighted by molar-refractivity contribution is -0.00533. The summed E-state index contributed by atoms with van der Waals surface area (Å²) in [6.45, 7) is 13.4. The van der Waals surface area contributed by atoms with Crippen molar-refractivity contribution in [2.45, 2.75) is 71.9 Å². The highest BCUT2D eigenvalue weighted by atomic mass is 16.3. The molecule has 1 aliphatic carbocycles. The summed E-state index contributed by atoms with van der Waals surface area (Å²) >= 11 is 0. The van der Waals surface area contributed by atoms with E-state index in [-0.39, 0.29) is 5.92 Å². The molecule has 26 heavy (non-hydrogen) atoms. The van der Waals surface area contributed by atoms with Crippen LogP contribution in [-0.2, 0) is 5.60 Å². The van der Waals surface area contributed by atoms with Crippen molar-refractivity contribution in [2.24, 2.45) is 16.7 Å². The zero-order valence-electron chi connectivity index (χ0n) is 17.2. The molecule has 2 nitrogen and oxygen atoms in total. The Morgan fingerprint density at radius 3 is 2.50 bits per heavy atom. The lowest BCUT2D eigenvalue weighted by atomic mass is 9.65. The molecule has 3 rings (SSSR count). The van der Waals surface area contributed by atoms with Crippen LogP contribution in [0.5, 0.6) is 0 Å². The smallest absolute Gasteiger partial charge is 0.103 e. The molecule has 0 aromatic heterocycles. The molecule has 142 valence electrons. The fourth-order valence-electron chi connectivity index (χ4n) is 5.48. The van der Waals surface area contributed by atoms with Crippen LogP contribution < -0.4 is 0 Å². The number of fused-ring (bicyclic) bond motifs is 2. The van der Waals surface area contributed by atoms with Gasteiger partial charge in [-0.3, -0.25) is 4.90 Å². The van der Waals surface area contributed by atoms with E-state index in [1.54, 1.807) is 0 Å². The predicted molar refractivity (Wildman–Crippen MR) is 109 cm³/mol. The maximum Gasteiger partial charge on any atom is 0.103 e. The average molecular weight is 354 g/mol. The summed E-state index contributed by atoms with van der Waals surface area (Å²) in [6, 6.07) is 10.7. The first-order valence-electron chi connectivity index (χ1n) is 10.1. The summed E-state index contributed by atoms with van der Waals surface area (Å²) in [4.78, 5) is 2.58. The van der Waals surface area contributed by atoms with Crippen LogP contribution in [0.1, 0.15) is 65.9 Å². The average Bonchev–Trinajstić information content (AvgIpc) is 2.80. The molecule has 1 aromatic carbocycles. The van der Waals surface area contributed by atoms with E-state index in [2.05, 4.69) is 51.4 Å². The van der Waals surface area contributed by atoms with E-state index in [9.17, 15) is 5.11 Å². The Labute approximate surface area is 160 Å². The number of benzene rings is 1. The first-order valence-corrected chi connectivity index (χ1v) is 10.1. The van der Waals surface area contributed by atoms with Crippen molar-refractivity contribution in [3.8, 4) is 11.8 Å². The number of aliphatic hydroxyl groups is 1. The molecule has 0 radical (unpaired) electrons. The van der Waals surface area contributed by atoms with Crippen LogP contribution in [0.3, 0.4) is 0 Å². The number of hydrogen-bond acceptors (Lipinski definition) is 2. The van der Waals surface area contributed by atoms with Crippen LogP contribution in [0.4, 0.5) is 0 Å². The van der Waals surface area contributed by atoms with Crippen molar-refractivity contribution in [3.05, 3.63) is 35.9 Å². The molecule has 1 heterocycles. The minimum atomic E-state index is -0.872. The van der Waals surface area contributed by atoms with Gasteiger partial charge in [-0.2, -0.15) is 0 Å². The minimum Gasteiger partial charge on any atom is -0.384 e. The first kappa shape index (κ1) is 19.5. The predicted octanol–water partition coefficient (Wildman–Crippen LogP) is 4.82. The zero-order valence-corrected chi connectivity index (χ0v) is 17.2. The molecule has 3 unspecified atom stereocenters. The van der Waals surface area contributed by atoms with Crippen molar-refractivity contribution in [3.63, 3.8) is 0 Å². The van der Waals surface area contributed by atoms with Crippen molar-refractivity contribution in [1.82, 2.24) is 4.90 Å². The van der Waals surface area contributed by atoms with E-state index in [1.165, 1.54) is 25.8 Å². The largest absolute Gasteiger partial charge is 0.384 e. The summed E-state index contributed by atoms with van der Waals surface area (Å²) in [5.41, 5.74) is 1.00. The Morgan fingerprint density at radius 1 is 1.15 bits per heavy atom. The third kappa shape index (κ3) is 4.00. The van der Waals surface area contributed by atoms with Gasteiger partial charge in [-0.1, -0.05) is 76.8 Å². The lowest BCUT2D eigenvalue weighted by Gasteiger charge is -2.39. The maximum absolute atomic E-state index is 11.2. The van der Waals surface area contributed by atoms with Crippen LogP contribution in [0, 0.1) is 28.6 Å². The Morgan fingerprint density at radius 2 is 1.85 bits per heavy atom. The van der Waals surface area contributed by atoms with Crippen LogP contribution in [-0.4, -0.2) is 29.1 Å². The third-order valence-electron chi connectivity index (χ3n) is 6.52. The van der Waals surface area contributed by atoms with Gasteiger partial charge in [-0.25, -0.2) is 0 Å². The molecule has 1 aliphatic heterocycles. The molecular formula is C24H35NO. The van der Waals surface area contributed by atoms with Gasteiger partial charge in [-0.15, -0.1) is 0 Å². The first-order chi connectivity index (χ1) is 12.1. The zero-order chi connectivity index (χ0) is 19.0. The molecule has 2 bridgehead atoms. The molecule has 0 amide bonds. The minimum absolute atomic E-state index is 0.130. The second-order valence-electron chi connectivity index (χ2n) is 10.1. The van der Waals surface area contributed by atoms with E-state index < -0.39 is 5.60 Å². The number of hydrogen-bond donors (Lipinski definition) is 1. The lowest BCUT2D eigenvalue weighted by Crippen LogP contribution is -2.35. The van der Waals surface area contributed by atoms with Gasteiger partial charge < -0.3 is 5.11 Å². The number of nitrogens with zero attached hydrogens (tertiary/aromatic N) is 1. The highest BCUT2D eigenvalue weighted by molar-refractivity contribution is 5.25. The summed E-state index contributed by atoms with van der Waals surface area (Å²) in [6.07, 6.45) is 4.42. The Balaban J connectivity index is 1.65. The van der Waals surface area contributed by atoms with Crippen molar-refractivity contribution < 1.29 is 5.11 Å². The highest BCUT2D eigenvalue weighted by Crippen LogP contribution is 2.52. The van der Waals surface area contributed by atoms with E-state index >= 15 is 0 Å². The van der Waals surface area contributed by atoms with Crippen molar-refractivity contribution in [1.29, 1.82) is 0 Å². The van der Waals surface area contributed by atoms with Gasteiger partial charge in [0.25, 0.3) is 0 Å². The highest BCUT2D eigenvalue weighted by Gasteiger charge is 2.49. The topological polar surface area (TPSA) is 23.5 Å². The van der Waals surface area contributed by atoms with Gasteiger partial charge in [0.05, 0.1) is 6.54 Å². The molecule has 1 saturated heterocycles. The summed E-state index contributed by atoms with van der Waals surface area (Å²) in [5.74, 6) is 6.81. The van der Waals surface area contributed by atoms with Gasteiger partial charge in [0.1, 0.15) is 5.60 Å². The summed E-state index contributed by atoms with van der Waals surface area (Å²) in [7, 11) is 0. The molecule has 2 aliphatic rings. The van der Waals surface area contributed by atoms with Crippen LogP contribution in [0.2, 0.25) is 0 Å². The molecule has 1 aromatic rings. The third-order valence-corrected chi connectivity index (χ3v) is 6.52. The SMILES string of the molecule is CC(C)C(O)(CC#CCN1CC2(C)CC1CC(C)(C)C2)c1ccccc1. The summed E-state index contributed by atoms with van der Waals surface area (Å²) < 4.78 is 0. The van der Waals surface area contributed by atoms with Gasteiger partial charge in [0, 0.05) is 19.0 Å². The van der Waals surface area contributed by atoms with Crippen molar-refractivity contribution in [2.75, 3.05) is 13.1 Å². The Hall–Kier alpha value is -1.30. The fourth-order valence-corrected chi connectivity index (χ4v) is 5.48. The van der Waals surface area contributed by atoms with Crippen LogP contribution in [0.25, 0.3) is 0 Å². The number of rotatable bonds is 4. The monoisotopic (exact) mass is 353 g/mol. The molecular weight excluding hydrogens is 318 g/mol. The second-order valence-corrected chi connectivity index (χ2v) is 10.1. The fraction of sp³-hybridized carbons (Fsp3) is 0.667. The maximum atomic E-state index is 11.2.